The maximum Gasteiger partial charge on any atom is 0.243 e. The van der Waals surface area contributed by atoms with Gasteiger partial charge in [0, 0.05) is 37.7 Å². The normalized spacial score (nSPS) is 18.4. The van der Waals surface area contributed by atoms with Crippen molar-refractivity contribution in [3.8, 4) is 0 Å². The maximum absolute atomic E-state index is 13.2. The number of ketones is 1. The number of unbranched alkanes of at least 4 members (excludes halogenated alkanes) is 1. The van der Waals surface area contributed by atoms with E-state index in [1.54, 1.807) is 16.4 Å². The van der Waals surface area contributed by atoms with E-state index in [0.717, 1.165) is 30.5 Å². The summed E-state index contributed by atoms with van der Waals surface area (Å²) in [6, 6.07) is 14.5. The molecule has 162 valence electrons. The lowest BCUT2D eigenvalue weighted by Crippen LogP contribution is -2.55. The first kappa shape index (κ1) is 22.7. The molecule has 0 bridgehead atoms. The van der Waals surface area contributed by atoms with Gasteiger partial charge in [-0.15, -0.1) is 0 Å². The van der Waals surface area contributed by atoms with E-state index in [9.17, 15) is 13.2 Å². The number of hydrogen-bond acceptors (Lipinski definition) is 4. The van der Waals surface area contributed by atoms with Crippen molar-refractivity contribution in [3.05, 3.63) is 65.2 Å². The predicted octanol–water partition coefficient (Wildman–Crippen LogP) is 4.05. The molecule has 0 saturated carbocycles. The van der Waals surface area contributed by atoms with Gasteiger partial charge in [-0.3, -0.25) is 9.69 Å². The van der Waals surface area contributed by atoms with Crippen molar-refractivity contribution in [2.24, 2.45) is 0 Å². The second-order valence-corrected chi connectivity index (χ2v) is 10.2. The van der Waals surface area contributed by atoms with Crippen LogP contribution in [-0.2, 0) is 10.0 Å². The van der Waals surface area contributed by atoms with E-state index in [1.165, 1.54) is 0 Å². The zero-order valence-electron chi connectivity index (χ0n) is 18.2. The molecule has 2 aromatic rings. The smallest absolute Gasteiger partial charge is 0.243 e. The molecule has 5 nitrogen and oxygen atoms in total. The zero-order valence-corrected chi connectivity index (χ0v) is 19.0. The Balaban J connectivity index is 1.79. The van der Waals surface area contributed by atoms with Crippen LogP contribution in [0.15, 0.2) is 53.4 Å². The van der Waals surface area contributed by atoms with Crippen molar-refractivity contribution in [1.82, 2.24) is 9.21 Å². The van der Waals surface area contributed by atoms with Crippen LogP contribution in [0.3, 0.4) is 0 Å². The van der Waals surface area contributed by atoms with E-state index in [0.29, 0.717) is 36.5 Å². The highest BCUT2D eigenvalue weighted by molar-refractivity contribution is 7.89. The summed E-state index contributed by atoms with van der Waals surface area (Å²) in [5, 5.41) is 0. The lowest BCUT2D eigenvalue weighted by atomic mass is 10.00. The van der Waals surface area contributed by atoms with Gasteiger partial charge >= 0.3 is 0 Å². The predicted molar refractivity (Wildman–Crippen MR) is 120 cm³/mol. The Bertz CT molecular complexity index is 953. The van der Waals surface area contributed by atoms with Crippen LogP contribution in [0.2, 0.25) is 0 Å². The number of aryl methyl sites for hydroxylation is 2. The third-order valence-corrected chi connectivity index (χ3v) is 7.70. The molecule has 1 atom stereocenters. The number of nitrogens with zero attached hydrogens (tertiary/aromatic N) is 2. The van der Waals surface area contributed by atoms with Gasteiger partial charge in [-0.05, 0) is 38.9 Å². The molecule has 1 aliphatic heterocycles. The average molecular weight is 429 g/mol. The number of sulfonamides is 1. The largest absolute Gasteiger partial charge is 0.297 e. The molecule has 1 unspecified atom stereocenters. The number of Topliss-reactive ketones (excluding diaryl/α,β-unsaturated/α-hetero) is 1. The number of benzene rings is 2. The van der Waals surface area contributed by atoms with Gasteiger partial charge in [-0.1, -0.05) is 60.9 Å². The van der Waals surface area contributed by atoms with Gasteiger partial charge in [0.15, 0.2) is 5.78 Å². The van der Waals surface area contributed by atoms with Crippen molar-refractivity contribution < 1.29 is 13.2 Å². The molecule has 30 heavy (non-hydrogen) atoms. The van der Waals surface area contributed by atoms with Crippen LogP contribution in [-0.4, -0.2) is 55.6 Å². The summed E-state index contributed by atoms with van der Waals surface area (Å²) in [7, 11) is -3.57. The summed E-state index contributed by atoms with van der Waals surface area (Å²) in [4.78, 5) is 15.5. The van der Waals surface area contributed by atoms with Crippen LogP contribution in [0.4, 0.5) is 0 Å². The van der Waals surface area contributed by atoms with Gasteiger partial charge in [-0.2, -0.15) is 4.31 Å². The molecule has 1 fully saturated rings. The lowest BCUT2D eigenvalue weighted by Gasteiger charge is -2.40. The molecule has 0 amide bonds. The minimum Gasteiger partial charge on any atom is -0.297 e. The number of carbonyl (C=O) groups is 1. The molecule has 0 spiro atoms. The van der Waals surface area contributed by atoms with E-state index < -0.39 is 10.0 Å². The second-order valence-electron chi connectivity index (χ2n) is 8.21. The summed E-state index contributed by atoms with van der Waals surface area (Å²) in [6.45, 7) is 8.42. The van der Waals surface area contributed by atoms with Crippen LogP contribution in [0.25, 0.3) is 0 Å². The Kier molecular flexibility index (Phi) is 7.45. The minimum absolute atomic E-state index is 0.0658. The zero-order chi connectivity index (χ0) is 21.7. The fourth-order valence-corrected chi connectivity index (χ4v) is 5.33. The standard InChI is InChI=1S/C24H32N2O3S/c1-4-5-14-25-15-16-26(30(28,29)23-12-8-20(3)9-13-23)18-22(25)17-24(27)21-10-6-19(2)7-11-21/h6-13,22H,4-5,14-18H2,1-3H3. The van der Waals surface area contributed by atoms with Crippen molar-refractivity contribution in [1.29, 1.82) is 0 Å². The summed E-state index contributed by atoms with van der Waals surface area (Å²) < 4.78 is 27.9. The Labute approximate surface area is 180 Å². The molecular weight excluding hydrogens is 396 g/mol. The molecule has 6 heteroatoms. The van der Waals surface area contributed by atoms with Gasteiger partial charge < -0.3 is 0 Å². The number of rotatable bonds is 8. The molecule has 0 N–H and O–H groups in total. The number of piperazine rings is 1. The first-order valence-electron chi connectivity index (χ1n) is 10.7. The van der Waals surface area contributed by atoms with E-state index in [2.05, 4.69) is 11.8 Å². The molecule has 0 radical (unpaired) electrons. The number of hydrogen-bond donors (Lipinski definition) is 0. The molecule has 3 rings (SSSR count). The number of carbonyl (C=O) groups excluding carboxylic acids is 1. The average Bonchev–Trinajstić information content (AvgIpc) is 2.73. The Morgan fingerprint density at radius 2 is 1.57 bits per heavy atom. The van der Waals surface area contributed by atoms with Gasteiger partial charge in [0.2, 0.25) is 10.0 Å². The molecule has 1 heterocycles. The van der Waals surface area contributed by atoms with E-state index in [4.69, 9.17) is 0 Å². The van der Waals surface area contributed by atoms with Crippen LogP contribution >= 0.6 is 0 Å². The SMILES string of the molecule is CCCCN1CCN(S(=O)(=O)c2ccc(C)cc2)CC1CC(=O)c1ccc(C)cc1. The summed E-state index contributed by atoms with van der Waals surface area (Å²) >= 11 is 0. The van der Waals surface area contributed by atoms with Crippen LogP contribution in [0.1, 0.15) is 47.7 Å². The highest BCUT2D eigenvalue weighted by atomic mass is 32.2. The summed E-state index contributed by atoms with van der Waals surface area (Å²) in [6.07, 6.45) is 2.44. The molecule has 1 saturated heterocycles. The third kappa shape index (κ3) is 5.36. The molecule has 0 aromatic heterocycles. The van der Waals surface area contributed by atoms with E-state index in [-0.39, 0.29) is 11.8 Å². The Morgan fingerprint density at radius 1 is 0.967 bits per heavy atom. The van der Waals surface area contributed by atoms with Crippen molar-refractivity contribution in [2.75, 3.05) is 26.2 Å². The quantitative estimate of drug-likeness (QED) is 0.595. The van der Waals surface area contributed by atoms with Gasteiger partial charge in [-0.25, -0.2) is 8.42 Å². The highest BCUT2D eigenvalue weighted by Crippen LogP contribution is 2.23. The Morgan fingerprint density at radius 3 is 2.17 bits per heavy atom. The van der Waals surface area contributed by atoms with Crippen LogP contribution in [0.5, 0.6) is 0 Å². The van der Waals surface area contributed by atoms with Gasteiger partial charge in [0.25, 0.3) is 0 Å². The van der Waals surface area contributed by atoms with E-state index in [1.807, 2.05) is 50.2 Å². The fraction of sp³-hybridized carbons (Fsp3) is 0.458. The highest BCUT2D eigenvalue weighted by Gasteiger charge is 2.35. The monoisotopic (exact) mass is 428 g/mol. The maximum atomic E-state index is 13.2. The third-order valence-electron chi connectivity index (χ3n) is 5.82. The van der Waals surface area contributed by atoms with Crippen molar-refractivity contribution in [3.63, 3.8) is 0 Å². The summed E-state index contributed by atoms with van der Waals surface area (Å²) in [5.74, 6) is 0.0658. The fourth-order valence-electron chi connectivity index (χ4n) is 3.86. The minimum atomic E-state index is -3.57. The van der Waals surface area contributed by atoms with Crippen LogP contribution < -0.4 is 0 Å². The first-order chi connectivity index (χ1) is 14.3. The lowest BCUT2D eigenvalue weighted by molar-refractivity contribution is 0.0808. The molecule has 1 aliphatic rings. The molecule has 0 aliphatic carbocycles. The topological polar surface area (TPSA) is 57.7 Å². The summed E-state index contributed by atoms with van der Waals surface area (Å²) in [5.41, 5.74) is 2.83. The van der Waals surface area contributed by atoms with Crippen molar-refractivity contribution in [2.45, 2.75) is 51.0 Å². The van der Waals surface area contributed by atoms with E-state index >= 15 is 0 Å². The van der Waals surface area contributed by atoms with Crippen LogP contribution in [0, 0.1) is 13.8 Å². The second kappa shape index (κ2) is 9.86. The Hall–Kier alpha value is -2.02. The van der Waals surface area contributed by atoms with Gasteiger partial charge in [0.1, 0.15) is 0 Å². The molecular formula is C24H32N2O3S. The molecule has 2 aromatic carbocycles. The van der Waals surface area contributed by atoms with Gasteiger partial charge in [0.05, 0.1) is 4.90 Å². The van der Waals surface area contributed by atoms with Crippen molar-refractivity contribution >= 4 is 15.8 Å². The first-order valence-corrected chi connectivity index (χ1v) is 12.2.